The first-order valence-corrected chi connectivity index (χ1v) is 17.8. The zero-order chi connectivity index (χ0) is 35.3. The van der Waals surface area contributed by atoms with Gasteiger partial charge in [-0.05, 0) is 92.3 Å². The number of carbonyl (C=O) groups is 1. The van der Waals surface area contributed by atoms with Crippen LogP contribution in [-0.2, 0) is 28.2 Å². The Morgan fingerprint density at radius 3 is 2.35 bits per heavy atom. The number of aryl methyl sites for hydroxylation is 1. The lowest BCUT2D eigenvalue weighted by Gasteiger charge is -2.27. The zero-order valence-corrected chi connectivity index (χ0v) is 29.5. The molecule has 1 aromatic heterocycles. The van der Waals surface area contributed by atoms with E-state index in [0.717, 1.165) is 59.3 Å². The highest BCUT2D eigenvalue weighted by atomic mass is 35.5. The molecule has 5 N–H and O–H groups in total. The third-order valence-corrected chi connectivity index (χ3v) is 10.4. The van der Waals surface area contributed by atoms with Gasteiger partial charge in [-0.2, -0.15) is 0 Å². The second-order valence-electron chi connectivity index (χ2n) is 14.1. The fourth-order valence-electron chi connectivity index (χ4n) is 6.11. The van der Waals surface area contributed by atoms with Gasteiger partial charge < -0.3 is 35.0 Å². The second kappa shape index (κ2) is 16.2. The van der Waals surface area contributed by atoms with Crippen molar-refractivity contribution in [1.29, 1.82) is 0 Å². The van der Waals surface area contributed by atoms with E-state index in [1.165, 1.54) is 0 Å². The number of ether oxygens (including phenoxy) is 2. The van der Waals surface area contributed by atoms with Crippen LogP contribution in [0.4, 0.5) is 0 Å². The quantitative estimate of drug-likeness (QED) is 0.102. The number of aliphatic hydroxyl groups excluding tert-OH is 5. The SMILES string of the molecule is CC(C)(CCCc1cc(Cl)c(COC2(c3cnccc3-c3ccccc3OC3CC3)CC2)cc1Cl)C(=O)CC[C@H](O)[C@@H](O)[C@H](O)[C@H](O)CO. The van der Waals surface area contributed by atoms with Gasteiger partial charge in [-0.15, -0.1) is 0 Å². The van der Waals surface area contributed by atoms with Crippen molar-refractivity contribution >= 4 is 29.0 Å². The number of aliphatic hydroxyl groups is 5. The number of carbonyl (C=O) groups excluding carboxylic acids is 1. The van der Waals surface area contributed by atoms with Crippen LogP contribution in [0.2, 0.25) is 10.0 Å². The van der Waals surface area contributed by atoms with Crippen LogP contribution in [0.25, 0.3) is 11.1 Å². The smallest absolute Gasteiger partial charge is 0.138 e. The minimum atomic E-state index is -1.72. The average molecular weight is 717 g/mol. The van der Waals surface area contributed by atoms with E-state index in [9.17, 15) is 25.2 Å². The molecule has 2 saturated carbocycles. The van der Waals surface area contributed by atoms with Crippen LogP contribution in [0.5, 0.6) is 5.75 Å². The molecule has 2 aliphatic carbocycles. The van der Waals surface area contributed by atoms with E-state index in [-0.39, 0.29) is 31.3 Å². The largest absolute Gasteiger partial charge is 0.490 e. The van der Waals surface area contributed by atoms with Gasteiger partial charge in [0.15, 0.2) is 0 Å². The van der Waals surface area contributed by atoms with E-state index in [2.05, 4.69) is 11.1 Å². The number of benzene rings is 2. The first kappa shape index (κ1) is 37.7. The van der Waals surface area contributed by atoms with Crippen molar-refractivity contribution in [3.63, 3.8) is 0 Å². The Morgan fingerprint density at radius 2 is 1.65 bits per heavy atom. The molecule has 1 heterocycles. The number of aromatic nitrogens is 1. The molecular weight excluding hydrogens is 669 g/mol. The molecule has 2 aromatic carbocycles. The number of halogens is 2. The van der Waals surface area contributed by atoms with Crippen LogP contribution in [0.1, 0.15) is 81.9 Å². The lowest BCUT2D eigenvalue weighted by atomic mass is 9.80. The predicted octanol–water partition coefficient (Wildman–Crippen LogP) is 5.94. The molecule has 0 amide bonds. The van der Waals surface area contributed by atoms with Gasteiger partial charge in [0.1, 0.15) is 29.8 Å². The Balaban J connectivity index is 1.16. The molecule has 4 atom stereocenters. The van der Waals surface area contributed by atoms with Crippen LogP contribution >= 0.6 is 23.2 Å². The number of hydrogen-bond acceptors (Lipinski definition) is 9. The Bertz CT molecular complexity index is 1590. The van der Waals surface area contributed by atoms with Gasteiger partial charge in [0.2, 0.25) is 0 Å². The standard InChI is InChI=1S/C38H47Cl2NO8/c1-37(2,34(45)12-11-31(43)35(46)36(47)32(44)21-42)14-5-6-23-18-30(40)24(19-29(23)39)22-48-38(15-16-38)28-20-41-17-13-26(28)27-7-3-4-8-33(27)49-25-9-10-25/h3-4,7-8,13,17-20,25,31-32,35-36,42-44,46-47H,5-6,9-12,14-16,21-22H2,1-2H3/t31-,32+,35+,36+/m0/s1. The minimum Gasteiger partial charge on any atom is -0.490 e. The molecule has 0 radical (unpaired) electrons. The summed E-state index contributed by atoms with van der Waals surface area (Å²) in [7, 11) is 0. The fraction of sp³-hybridized carbons (Fsp3) is 0.526. The number of hydrogen-bond donors (Lipinski definition) is 5. The monoisotopic (exact) mass is 715 g/mol. The number of pyridine rings is 1. The van der Waals surface area contributed by atoms with Crippen molar-refractivity contribution in [3.05, 3.63) is 81.6 Å². The summed E-state index contributed by atoms with van der Waals surface area (Å²) in [6.45, 7) is 3.18. The van der Waals surface area contributed by atoms with Gasteiger partial charge in [0.25, 0.3) is 0 Å². The van der Waals surface area contributed by atoms with Gasteiger partial charge in [0, 0.05) is 45.4 Å². The maximum Gasteiger partial charge on any atom is 0.138 e. The Kier molecular flexibility index (Phi) is 12.4. The summed E-state index contributed by atoms with van der Waals surface area (Å²) >= 11 is 13.5. The second-order valence-corrected chi connectivity index (χ2v) is 14.9. The normalized spacial score (nSPS) is 18.1. The van der Waals surface area contributed by atoms with Crippen LogP contribution in [0, 0.1) is 5.41 Å². The van der Waals surface area contributed by atoms with E-state index in [0.29, 0.717) is 29.3 Å². The Hall–Kier alpha value is -2.60. The van der Waals surface area contributed by atoms with E-state index >= 15 is 0 Å². The third-order valence-electron chi connectivity index (χ3n) is 9.73. The van der Waals surface area contributed by atoms with Crippen molar-refractivity contribution in [3.8, 4) is 16.9 Å². The minimum absolute atomic E-state index is 0.0166. The number of ketones is 1. The fourth-order valence-corrected chi connectivity index (χ4v) is 6.64. The van der Waals surface area contributed by atoms with Crippen LogP contribution in [-0.4, -0.2) is 73.4 Å². The summed E-state index contributed by atoms with van der Waals surface area (Å²) in [5, 5.41) is 49.6. The highest BCUT2D eigenvalue weighted by Gasteiger charge is 2.48. The lowest BCUT2D eigenvalue weighted by molar-refractivity contribution is -0.131. The molecule has 5 rings (SSSR count). The van der Waals surface area contributed by atoms with Crippen molar-refractivity contribution in [2.24, 2.45) is 5.41 Å². The van der Waals surface area contributed by atoms with Crippen LogP contribution < -0.4 is 4.74 Å². The number of nitrogens with zero attached hydrogens (tertiary/aromatic N) is 1. The summed E-state index contributed by atoms with van der Waals surface area (Å²) in [4.78, 5) is 17.4. The molecule has 0 aliphatic heterocycles. The average Bonchev–Trinajstić information content (AvgIpc) is 4.04. The third kappa shape index (κ3) is 9.40. The van der Waals surface area contributed by atoms with Crippen LogP contribution in [0.15, 0.2) is 54.9 Å². The van der Waals surface area contributed by atoms with Gasteiger partial charge >= 0.3 is 0 Å². The van der Waals surface area contributed by atoms with E-state index < -0.39 is 42.0 Å². The molecule has 266 valence electrons. The van der Waals surface area contributed by atoms with E-state index in [1.807, 2.05) is 56.4 Å². The number of rotatable bonds is 19. The highest BCUT2D eigenvalue weighted by Crippen LogP contribution is 2.53. The Morgan fingerprint density at radius 1 is 0.980 bits per heavy atom. The van der Waals surface area contributed by atoms with Gasteiger partial charge in [-0.1, -0.05) is 55.2 Å². The molecule has 49 heavy (non-hydrogen) atoms. The first-order valence-electron chi connectivity index (χ1n) is 17.0. The molecule has 2 aliphatic rings. The molecule has 11 heteroatoms. The molecule has 3 aromatic rings. The summed E-state index contributed by atoms with van der Waals surface area (Å²) in [6, 6.07) is 13.8. The molecule has 0 bridgehead atoms. The van der Waals surface area contributed by atoms with E-state index in [4.69, 9.17) is 37.8 Å². The molecule has 0 unspecified atom stereocenters. The molecule has 0 saturated heterocycles. The van der Waals surface area contributed by atoms with Crippen molar-refractivity contribution in [2.75, 3.05) is 6.61 Å². The molecule has 2 fully saturated rings. The van der Waals surface area contributed by atoms with Crippen molar-refractivity contribution in [2.45, 2.75) is 114 Å². The predicted molar refractivity (Wildman–Crippen MR) is 188 cm³/mol. The summed E-state index contributed by atoms with van der Waals surface area (Å²) < 4.78 is 12.8. The van der Waals surface area contributed by atoms with E-state index in [1.54, 1.807) is 6.20 Å². The van der Waals surface area contributed by atoms with Gasteiger partial charge in [0.05, 0.1) is 31.0 Å². The number of Topliss-reactive ketones (excluding diaryl/α,β-unsaturated/α-hetero) is 1. The first-order chi connectivity index (χ1) is 23.3. The molecule has 0 spiro atoms. The zero-order valence-electron chi connectivity index (χ0n) is 28.0. The summed E-state index contributed by atoms with van der Waals surface area (Å²) in [5.74, 6) is 0.773. The topological polar surface area (TPSA) is 150 Å². The highest BCUT2D eigenvalue weighted by molar-refractivity contribution is 6.34. The maximum absolute atomic E-state index is 13.0. The maximum atomic E-state index is 13.0. The Labute approximate surface area is 297 Å². The van der Waals surface area contributed by atoms with Gasteiger partial charge in [-0.3, -0.25) is 9.78 Å². The summed E-state index contributed by atoms with van der Waals surface area (Å²) in [6.07, 6.45) is 3.16. The lowest BCUT2D eigenvalue weighted by Crippen LogP contribution is -2.46. The van der Waals surface area contributed by atoms with Crippen LogP contribution in [0.3, 0.4) is 0 Å². The van der Waals surface area contributed by atoms with Crippen molar-refractivity contribution in [1.82, 2.24) is 4.98 Å². The van der Waals surface area contributed by atoms with Gasteiger partial charge in [-0.25, -0.2) is 0 Å². The molecule has 9 nitrogen and oxygen atoms in total. The molecular formula is C38H47Cl2NO8. The van der Waals surface area contributed by atoms with Crippen molar-refractivity contribution < 1.29 is 39.8 Å². The number of para-hydroxylation sites is 1. The summed E-state index contributed by atoms with van der Waals surface area (Å²) in [5.41, 5.74) is 3.60.